The van der Waals surface area contributed by atoms with E-state index >= 15 is 0 Å². The number of hydrogen-bond acceptors (Lipinski definition) is 5. The fourth-order valence-electron chi connectivity index (χ4n) is 3.28. The Labute approximate surface area is 149 Å². The van der Waals surface area contributed by atoms with Crippen LogP contribution in [0.15, 0.2) is 6.07 Å². The number of likely N-dealkylation sites (tertiary alicyclic amines) is 1. The molecule has 0 unspecified atom stereocenters. The molecule has 0 atom stereocenters. The van der Waals surface area contributed by atoms with Gasteiger partial charge in [0, 0.05) is 13.0 Å². The number of carbonyl (C=O) groups excluding carboxylic acids is 1. The molecule has 2 N–H and O–H groups in total. The first-order chi connectivity index (χ1) is 11.4. The number of nitrogen functional groups attached to an aromatic ring is 1. The maximum Gasteiger partial charge on any atom is 0.226 e. The molecule has 1 aromatic heterocycles. The molecule has 1 saturated heterocycles. The second kappa shape index (κ2) is 8.67. The van der Waals surface area contributed by atoms with Crippen LogP contribution in [0.5, 0.6) is 5.88 Å². The zero-order chi connectivity index (χ0) is 17.7. The van der Waals surface area contributed by atoms with E-state index in [-0.39, 0.29) is 17.5 Å². The minimum Gasteiger partial charge on any atom is -0.480 e. The zero-order valence-corrected chi connectivity index (χ0v) is 15.6. The second-order valence-electron chi connectivity index (χ2n) is 7.01. The minimum atomic E-state index is 0.0193. The van der Waals surface area contributed by atoms with Gasteiger partial charge < -0.3 is 15.4 Å². The van der Waals surface area contributed by atoms with Gasteiger partial charge in [-0.2, -0.15) is 4.98 Å². The minimum absolute atomic E-state index is 0.0193. The molecule has 1 fully saturated rings. The third kappa shape index (κ3) is 5.08. The molecule has 2 heterocycles. The smallest absolute Gasteiger partial charge is 0.226 e. The number of pyridine rings is 1. The lowest BCUT2D eigenvalue weighted by molar-refractivity contribution is 0.0957. The molecule has 1 aliphatic rings. The summed E-state index contributed by atoms with van der Waals surface area (Å²) in [5.74, 6) is 1.78. The van der Waals surface area contributed by atoms with Gasteiger partial charge in [0.1, 0.15) is 5.82 Å². The molecule has 0 bridgehead atoms. The van der Waals surface area contributed by atoms with E-state index in [1.54, 1.807) is 6.07 Å². The number of nitrogens with zero attached hydrogens (tertiary/aromatic N) is 2. The van der Waals surface area contributed by atoms with Crippen molar-refractivity contribution < 1.29 is 9.53 Å². The van der Waals surface area contributed by atoms with Crippen molar-refractivity contribution >= 4 is 23.2 Å². The van der Waals surface area contributed by atoms with Crippen molar-refractivity contribution in [1.29, 1.82) is 0 Å². The fourth-order valence-corrected chi connectivity index (χ4v) is 3.44. The van der Waals surface area contributed by atoms with Crippen LogP contribution in [0.2, 0.25) is 5.02 Å². The highest BCUT2D eigenvalue weighted by molar-refractivity contribution is 6.33. The van der Waals surface area contributed by atoms with Gasteiger partial charge in [0.2, 0.25) is 5.88 Å². The molecule has 1 aromatic rings. The number of hydrogen-bond donors (Lipinski definition) is 1. The van der Waals surface area contributed by atoms with Gasteiger partial charge in [-0.05, 0) is 50.3 Å². The highest BCUT2D eigenvalue weighted by atomic mass is 35.5. The Morgan fingerprint density at radius 2 is 2.12 bits per heavy atom. The van der Waals surface area contributed by atoms with Crippen molar-refractivity contribution in [3.05, 3.63) is 16.7 Å². The zero-order valence-electron chi connectivity index (χ0n) is 14.8. The van der Waals surface area contributed by atoms with E-state index in [4.69, 9.17) is 22.1 Å². The largest absolute Gasteiger partial charge is 0.480 e. The number of carbonyl (C=O) groups is 1. The summed E-state index contributed by atoms with van der Waals surface area (Å²) in [5.41, 5.74) is 6.09. The summed E-state index contributed by atoms with van der Waals surface area (Å²) in [6.45, 7) is 7.94. The second-order valence-corrected chi connectivity index (χ2v) is 7.42. The molecule has 24 heavy (non-hydrogen) atoms. The third-order valence-corrected chi connectivity index (χ3v) is 4.87. The van der Waals surface area contributed by atoms with E-state index in [2.05, 4.69) is 23.7 Å². The lowest BCUT2D eigenvalue weighted by Gasteiger charge is -2.32. The van der Waals surface area contributed by atoms with E-state index in [9.17, 15) is 4.79 Å². The van der Waals surface area contributed by atoms with E-state index in [0.29, 0.717) is 28.8 Å². The summed E-state index contributed by atoms with van der Waals surface area (Å²) < 4.78 is 5.17. The lowest BCUT2D eigenvalue weighted by atomic mass is 9.90. The van der Waals surface area contributed by atoms with Crippen LogP contribution in [0.3, 0.4) is 0 Å². The highest BCUT2D eigenvalue weighted by Crippen LogP contribution is 2.28. The SMILES string of the molecule is COc1nc(N)c(Cl)cc1C(=O)CCC1CCN(CC(C)C)CC1. The molecule has 134 valence electrons. The van der Waals surface area contributed by atoms with Gasteiger partial charge in [0.25, 0.3) is 0 Å². The third-order valence-electron chi connectivity index (χ3n) is 4.57. The molecule has 6 heteroatoms. The van der Waals surface area contributed by atoms with Crippen LogP contribution in [0.1, 0.15) is 49.9 Å². The van der Waals surface area contributed by atoms with Gasteiger partial charge in [-0.1, -0.05) is 25.4 Å². The molecule has 0 spiro atoms. The molecule has 0 radical (unpaired) electrons. The van der Waals surface area contributed by atoms with E-state index in [1.165, 1.54) is 13.7 Å². The summed E-state index contributed by atoms with van der Waals surface area (Å²) in [5, 5.41) is 0.293. The fraction of sp³-hybridized carbons (Fsp3) is 0.667. The first-order valence-electron chi connectivity index (χ1n) is 8.66. The van der Waals surface area contributed by atoms with Crippen molar-refractivity contribution in [1.82, 2.24) is 9.88 Å². The van der Waals surface area contributed by atoms with Gasteiger partial charge >= 0.3 is 0 Å². The Morgan fingerprint density at radius 3 is 2.71 bits per heavy atom. The van der Waals surface area contributed by atoms with Crippen LogP contribution in [0.4, 0.5) is 5.82 Å². The predicted octanol–water partition coefficient (Wildman–Crippen LogP) is 3.66. The Morgan fingerprint density at radius 1 is 1.46 bits per heavy atom. The van der Waals surface area contributed by atoms with Gasteiger partial charge in [0.05, 0.1) is 17.7 Å². The molecular formula is C18H28ClN3O2. The van der Waals surface area contributed by atoms with Crippen LogP contribution < -0.4 is 10.5 Å². The van der Waals surface area contributed by atoms with Gasteiger partial charge in [0.15, 0.2) is 5.78 Å². The van der Waals surface area contributed by atoms with Crippen LogP contribution in [-0.2, 0) is 0 Å². The van der Waals surface area contributed by atoms with E-state index in [1.807, 2.05) is 0 Å². The van der Waals surface area contributed by atoms with Gasteiger partial charge in [-0.15, -0.1) is 0 Å². The summed E-state index contributed by atoms with van der Waals surface area (Å²) in [6.07, 6.45) is 3.72. The molecule has 0 aromatic carbocycles. The number of Topliss-reactive ketones (excluding diaryl/α,β-unsaturated/α-hetero) is 1. The van der Waals surface area contributed by atoms with Crippen molar-refractivity contribution in [3.8, 4) is 5.88 Å². The number of aromatic nitrogens is 1. The van der Waals surface area contributed by atoms with Crippen molar-refractivity contribution in [2.75, 3.05) is 32.5 Å². The van der Waals surface area contributed by atoms with E-state index < -0.39 is 0 Å². The summed E-state index contributed by atoms with van der Waals surface area (Å²) in [6, 6.07) is 1.57. The number of anilines is 1. The van der Waals surface area contributed by atoms with Crippen LogP contribution >= 0.6 is 11.6 Å². The highest BCUT2D eigenvalue weighted by Gasteiger charge is 2.22. The number of rotatable bonds is 7. The van der Waals surface area contributed by atoms with E-state index in [0.717, 1.165) is 32.4 Å². The number of halogens is 1. The summed E-state index contributed by atoms with van der Waals surface area (Å²) >= 11 is 5.99. The molecular weight excluding hydrogens is 326 g/mol. The Bertz CT molecular complexity index is 570. The first kappa shape index (κ1) is 19.0. The number of piperidine rings is 1. The monoisotopic (exact) mass is 353 g/mol. The molecule has 0 aliphatic carbocycles. The average molecular weight is 354 g/mol. The standard InChI is InChI=1S/C18H28ClN3O2/c1-12(2)11-22-8-6-13(7-9-22)4-5-16(23)14-10-15(19)17(20)21-18(14)24-3/h10,12-13H,4-9,11H2,1-3H3,(H2,20,21). The maximum absolute atomic E-state index is 12.5. The van der Waals surface area contributed by atoms with Crippen LogP contribution in [-0.4, -0.2) is 42.4 Å². The van der Waals surface area contributed by atoms with Crippen molar-refractivity contribution in [2.45, 2.75) is 39.5 Å². The molecule has 0 saturated carbocycles. The topological polar surface area (TPSA) is 68.5 Å². The van der Waals surface area contributed by atoms with Crippen molar-refractivity contribution in [3.63, 3.8) is 0 Å². The van der Waals surface area contributed by atoms with Gasteiger partial charge in [-0.3, -0.25) is 4.79 Å². The summed E-state index contributed by atoms with van der Waals surface area (Å²) in [4.78, 5) is 19.1. The van der Waals surface area contributed by atoms with Gasteiger partial charge in [-0.25, -0.2) is 0 Å². The first-order valence-corrected chi connectivity index (χ1v) is 9.04. The Hall–Kier alpha value is -1.33. The number of ketones is 1. The average Bonchev–Trinajstić information content (AvgIpc) is 2.55. The Kier molecular flexibility index (Phi) is 6.87. The molecule has 2 rings (SSSR count). The molecule has 1 aliphatic heterocycles. The number of ether oxygens (including phenoxy) is 1. The quantitative estimate of drug-likeness (QED) is 0.757. The predicted molar refractivity (Wildman–Crippen MR) is 97.8 cm³/mol. The van der Waals surface area contributed by atoms with Crippen LogP contribution in [0.25, 0.3) is 0 Å². The number of methoxy groups -OCH3 is 1. The van der Waals surface area contributed by atoms with Crippen LogP contribution in [0, 0.1) is 11.8 Å². The maximum atomic E-state index is 12.5. The van der Waals surface area contributed by atoms with Crippen molar-refractivity contribution in [2.24, 2.45) is 11.8 Å². The molecule has 0 amide bonds. The molecule has 5 nitrogen and oxygen atoms in total. The number of nitrogens with two attached hydrogens (primary N) is 1. The summed E-state index contributed by atoms with van der Waals surface area (Å²) in [7, 11) is 1.48. The lowest BCUT2D eigenvalue weighted by Crippen LogP contribution is -2.36. The normalized spacial score (nSPS) is 16.5. The Balaban J connectivity index is 1.87.